The van der Waals surface area contributed by atoms with E-state index in [9.17, 15) is 4.79 Å². The molecule has 0 bridgehead atoms. The summed E-state index contributed by atoms with van der Waals surface area (Å²) in [5.41, 5.74) is 2.04. The third-order valence-corrected chi connectivity index (χ3v) is 5.22. The number of anilines is 1. The topological polar surface area (TPSA) is 87.5 Å². The first-order valence-electron chi connectivity index (χ1n) is 10.4. The molecule has 2 aromatic rings. The Morgan fingerprint density at radius 2 is 1.90 bits per heavy atom. The summed E-state index contributed by atoms with van der Waals surface area (Å²) in [6.45, 7) is 4.43. The summed E-state index contributed by atoms with van der Waals surface area (Å²) < 4.78 is 18.1. The van der Waals surface area contributed by atoms with Gasteiger partial charge in [0.25, 0.3) is 0 Å². The van der Waals surface area contributed by atoms with Crippen LogP contribution in [0.1, 0.15) is 57.6 Å². The molecule has 0 fully saturated rings. The highest BCUT2D eigenvalue weighted by atomic mass is 16.5. The highest BCUT2D eigenvalue weighted by Gasteiger charge is 2.34. The Hall–Kier alpha value is -3.03. The van der Waals surface area contributed by atoms with Crippen molar-refractivity contribution in [2.75, 3.05) is 26.1 Å². The minimum Gasteiger partial charge on any atom is -0.493 e. The number of ether oxygens (including phenoxy) is 3. The number of unbranched alkanes of at least 4 members (excludes halogenated alkanes) is 4. The van der Waals surface area contributed by atoms with Gasteiger partial charge in [0, 0.05) is 5.70 Å². The molecule has 0 saturated heterocycles. The third kappa shape index (κ3) is 4.58. The lowest BCUT2D eigenvalue weighted by molar-refractivity contribution is -0.139. The zero-order chi connectivity index (χ0) is 21.5. The second-order valence-electron chi connectivity index (χ2n) is 7.26. The van der Waals surface area contributed by atoms with E-state index < -0.39 is 6.04 Å². The van der Waals surface area contributed by atoms with E-state index in [2.05, 4.69) is 22.3 Å². The Morgan fingerprint density at radius 3 is 2.63 bits per heavy atom. The van der Waals surface area contributed by atoms with Crippen molar-refractivity contribution in [1.82, 2.24) is 14.8 Å². The maximum atomic E-state index is 13.1. The Kier molecular flexibility index (Phi) is 7.32. The molecule has 1 aliphatic heterocycles. The highest BCUT2D eigenvalue weighted by molar-refractivity contribution is 5.92. The van der Waals surface area contributed by atoms with Crippen LogP contribution >= 0.6 is 0 Å². The number of benzene rings is 1. The van der Waals surface area contributed by atoms with Crippen LogP contribution in [-0.4, -0.2) is 41.6 Å². The molecule has 1 unspecified atom stereocenters. The van der Waals surface area contributed by atoms with Crippen LogP contribution in [0.3, 0.4) is 0 Å². The lowest BCUT2D eigenvalue weighted by Gasteiger charge is -2.28. The molecule has 0 saturated carbocycles. The fourth-order valence-electron chi connectivity index (χ4n) is 3.63. The first kappa shape index (κ1) is 21.7. The fraction of sp³-hybridized carbons (Fsp3) is 0.500. The predicted octanol–water partition coefficient (Wildman–Crippen LogP) is 4.10. The van der Waals surface area contributed by atoms with Crippen molar-refractivity contribution >= 4 is 11.9 Å². The Labute approximate surface area is 177 Å². The molecule has 0 radical (unpaired) electrons. The molecule has 1 N–H and O–H groups in total. The van der Waals surface area contributed by atoms with Crippen molar-refractivity contribution in [2.45, 2.75) is 52.0 Å². The second-order valence-corrected chi connectivity index (χ2v) is 7.26. The summed E-state index contributed by atoms with van der Waals surface area (Å²) in [6.07, 6.45) is 6.94. The van der Waals surface area contributed by atoms with E-state index >= 15 is 0 Å². The van der Waals surface area contributed by atoms with Crippen molar-refractivity contribution in [3.8, 4) is 11.5 Å². The number of hydrogen-bond acceptors (Lipinski definition) is 7. The molecule has 1 aliphatic rings. The van der Waals surface area contributed by atoms with Crippen LogP contribution in [0.2, 0.25) is 0 Å². The van der Waals surface area contributed by atoms with Crippen molar-refractivity contribution in [2.24, 2.45) is 0 Å². The molecule has 1 aromatic carbocycles. The zero-order valence-corrected chi connectivity index (χ0v) is 18.1. The number of methoxy groups -OCH3 is 2. The summed E-state index contributed by atoms with van der Waals surface area (Å²) in [5, 5.41) is 7.49. The average molecular weight is 415 g/mol. The Balaban J connectivity index is 1.86. The van der Waals surface area contributed by atoms with Crippen LogP contribution < -0.4 is 14.8 Å². The van der Waals surface area contributed by atoms with Gasteiger partial charge in [-0.05, 0) is 31.0 Å². The number of fused-ring (bicyclic) bond motifs is 1. The van der Waals surface area contributed by atoms with E-state index in [0.717, 1.165) is 24.8 Å². The first-order chi connectivity index (χ1) is 14.6. The molecule has 2 heterocycles. The third-order valence-electron chi connectivity index (χ3n) is 5.22. The van der Waals surface area contributed by atoms with E-state index in [-0.39, 0.29) is 5.97 Å². The van der Waals surface area contributed by atoms with Gasteiger partial charge in [0.15, 0.2) is 11.5 Å². The van der Waals surface area contributed by atoms with Gasteiger partial charge in [0.1, 0.15) is 12.4 Å². The largest absolute Gasteiger partial charge is 0.493 e. The van der Waals surface area contributed by atoms with Crippen LogP contribution in [0.25, 0.3) is 0 Å². The molecule has 1 atom stereocenters. The molecule has 0 amide bonds. The van der Waals surface area contributed by atoms with Crippen molar-refractivity contribution < 1.29 is 19.0 Å². The average Bonchev–Trinajstić information content (AvgIpc) is 3.22. The molecule has 0 spiro atoms. The first-order valence-corrected chi connectivity index (χ1v) is 10.4. The molecule has 3 rings (SSSR count). The van der Waals surface area contributed by atoms with Gasteiger partial charge in [-0.25, -0.2) is 9.48 Å². The zero-order valence-electron chi connectivity index (χ0n) is 18.1. The SMILES string of the molecule is CCCCCCCOC(=O)C1=C(C)Nc2ncnn2C1c1ccc(OC)c(OC)c1. The molecule has 162 valence electrons. The number of carbonyl (C=O) groups excluding carboxylic acids is 1. The minimum atomic E-state index is -0.476. The van der Waals surface area contributed by atoms with Crippen LogP contribution in [0, 0.1) is 0 Å². The molecule has 30 heavy (non-hydrogen) atoms. The summed E-state index contributed by atoms with van der Waals surface area (Å²) in [7, 11) is 3.17. The molecule has 1 aromatic heterocycles. The van der Waals surface area contributed by atoms with Gasteiger partial charge in [-0.3, -0.25) is 0 Å². The molecule has 8 heteroatoms. The van der Waals surface area contributed by atoms with Crippen molar-refractivity contribution in [3.63, 3.8) is 0 Å². The van der Waals surface area contributed by atoms with Crippen molar-refractivity contribution in [3.05, 3.63) is 41.4 Å². The van der Waals surface area contributed by atoms with E-state index in [0.29, 0.717) is 35.3 Å². The van der Waals surface area contributed by atoms with Crippen LogP contribution in [-0.2, 0) is 9.53 Å². The van der Waals surface area contributed by atoms with Gasteiger partial charge in [-0.2, -0.15) is 10.1 Å². The summed E-state index contributed by atoms with van der Waals surface area (Å²) in [6, 6.07) is 5.09. The smallest absolute Gasteiger partial charge is 0.338 e. The van der Waals surface area contributed by atoms with Crippen LogP contribution in [0.15, 0.2) is 35.8 Å². The molecular formula is C22H30N4O4. The maximum Gasteiger partial charge on any atom is 0.338 e. The number of nitrogens with one attached hydrogen (secondary N) is 1. The summed E-state index contributed by atoms with van der Waals surface area (Å²) >= 11 is 0. The predicted molar refractivity (Wildman–Crippen MR) is 114 cm³/mol. The van der Waals surface area contributed by atoms with Gasteiger partial charge in [-0.1, -0.05) is 38.7 Å². The standard InChI is InChI=1S/C22H30N4O4/c1-5-6-7-8-9-12-30-21(27)19-15(2)25-22-23-14-24-26(22)20(19)16-10-11-17(28-3)18(13-16)29-4/h10-11,13-14,20H,5-9,12H2,1-4H3,(H,23,24,25). The maximum absolute atomic E-state index is 13.1. The highest BCUT2D eigenvalue weighted by Crippen LogP contribution is 2.38. The van der Waals surface area contributed by atoms with Gasteiger partial charge in [0.05, 0.1) is 26.4 Å². The van der Waals surface area contributed by atoms with E-state index in [1.54, 1.807) is 18.9 Å². The van der Waals surface area contributed by atoms with Gasteiger partial charge >= 0.3 is 5.97 Å². The minimum absolute atomic E-state index is 0.351. The molecular weight excluding hydrogens is 384 g/mol. The number of nitrogens with zero attached hydrogens (tertiary/aromatic N) is 3. The lowest BCUT2D eigenvalue weighted by atomic mass is 9.95. The number of carbonyl (C=O) groups is 1. The van der Waals surface area contributed by atoms with Gasteiger partial charge in [-0.15, -0.1) is 0 Å². The molecule has 0 aliphatic carbocycles. The summed E-state index contributed by atoms with van der Waals surface area (Å²) in [4.78, 5) is 17.3. The van der Waals surface area contributed by atoms with Gasteiger partial charge in [0.2, 0.25) is 5.95 Å². The number of rotatable bonds is 10. The number of aromatic nitrogens is 3. The summed E-state index contributed by atoms with van der Waals surface area (Å²) in [5.74, 6) is 1.42. The van der Waals surface area contributed by atoms with E-state index in [1.807, 2.05) is 25.1 Å². The van der Waals surface area contributed by atoms with Crippen LogP contribution in [0.5, 0.6) is 11.5 Å². The monoisotopic (exact) mass is 414 g/mol. The fourth-order valence-corrected chi connectivity index (χ4v) is 3.63. The Bertz CT molecular complexity index is 906. The van der Waals surface area contributed by atoms with Crippen molar-refractivity contribution in [1.29, 1.82) is 0 Å². The quantitative estimate of drug-likeness (QED) is 0.463. The normalized spacial score (nSPS) is 15.4. The lowest BCUT2D eigenvalue weighted by Crippen LogP contribution is -2.29. The van der Waals surface area contributed by atoms with E-state index in [4.69, 9.17) is 14.2 Å². The number of allylic oxidation sites excluding steroid dienone is 1. The number of hydrogen-bond donors (Lipinski definition) is 1. The van der Waals surface area contributed by atoms with Gasteiger partial charge < -0.3 is 19.5 Å². The number of esters is 1. The Morgan fingerprint density at radius 1 is 1.13 bits per heavy atom. The molecule has 8 nitrogen and oxygen atoms in total. The van der Waals surface area contributed by atoms with Crippen LogP contribution in [0.4, 0.5) is 5.95 Å². The van der Waals surface area contributed by atoms with E-state index in [1.165, 1.54) is 19.2 Å². The second kappa shape index (κ2) is 10.1.